The Balaban J connectivity index is 1.44. The lowest BCUT2D eigenvalue weighted by molar-refractivity contribution is -0.133. The van der Waals surface area contributed by atoms with Gasteiger partial charge >= 0.3 is 0 Å². The number of nitrogens with zero attached hydrogens (tertiary/aromatic N) is 2. The van der Waals surface area contributed by atoms with E-state index in [4.69, 9.17) is 0 Å². The highest BCUT2D eigenvalue weighted by molar-refractivity contribution is 7.07. The third kappa shape index (κ3) is 3.77. The number of pyridine rings is 1. The summed E-state index contributed by atoms with van der Waals surface area (Å²) in [6, 6.07) is 6.58. The van der Waals surface area contributed by atoms with Gasteiger partial charge < -0.3 is 10.2 Å². The number of nitrogens with one attached hydrogen (secondary N) is 1. The Bertz CT molecular complexity index is 695. The van der Waals surface area contributed by atoms with E-state index in [2.05, 4.69) is 32.0 Å². The summed E-state index contributed by atoms with van der Waals surface area (Å²) in [5.41, 5.74) is 2.83. The summed E-state index contributed by atoms with van der Waals surface area (Å²) in [5.74, 6) is 0.295. The van der Waals surface area contributed by atoms with E-state index >= 15 is 0 Å². The van der Waals surface area contributed by atoms with Gasteiger partial charge in [0.2, 0.25) is 5.91 Å². The summed E-state index contributed by atoms with van der Waals surface area (Å²) in [4.78, 5) is 19.3. The van der Waals surface area contributed by atoms with Gasteiger partial charge in [-0.1, -0.05) is 0 Å². The van der Waals surface area contributed by atoms with E-state index in [1.54, 1.807) is 23.7 Å². The zero-order chi connectivity index (χ0) is 17.1. The second kappa shape index (κ2) is 7.26. The number of rotatable bonds is 6. The molecule has 3 heterocycles. The third-order valence-corrected chi connectivity index (χ3v) is 6.48. The van der Waals surface area contributed by atoms with E-state index in [9.17, 15) is 4.79 Å². The van der Waals surface area contributed by atoms with Crippen molar-refractivity contribution in [3.63, 3.8) is 0 Å². The highest BCUT2D eigenvalue weighted by atomic mass is 32.1. The molecule has 1 aliphatic heterocycles. The number of hydrogen-bond acceptors (Lipinski definition) is 4. The molecule has 132 valence electrons. The Morgan fingerprint density at radius 1 is 1.24 bits per heavy atom. The smallest absolute Gasteiger partial charge is 0.223 e. The van der Waals surface area contributed by atoms with Gasteiger partial charge in [0, 0.05) is 31.4 Å². The molecule has 1 N–H and O–H groups in total. The Kier molecular flexibility index (Phi) is 4.86. The highest BCUT2D eigenvalue weighted by Crippen LogP contribution is 2.56. The zero-order valence-electron chi connectivity index (χ0n) is 14.5. The Morgan fingerprint density at radius 3 is 2.76 bits per heavy atom. The van der Waals surface area contributed by atoms with Crippen LogP contribution in [0.1, 0.15) is 36.8 Å². The molecule has 4 nitrogen and oxygen atoms in total. The van der Waals surface area contributed by atoms with Crippen molar-refractivity contribution in [2.75, 3.05) is 13.1 Å². The quantitative estimate of drug-likeness (QED) is 0.865. The number of hydrogen-bond donors (Lipinski definition) is 1. The van der Waals surface area contributed by atoms with Crippen molar-refractivity contribution in [3.8, 4) is 0 Å². The molecule has 25 heavy (non-hydrogen) atoms. The molecule has 1 amide bonds. The highest BCUT2D eigenvalue weighted by Gasteiger charge is 2.57. The summed E-state index contributed by atoms with van der Waals surface area (Å²) in [5, 5.41) is 7.72. The standard InChI is InChI=1S/C20H25N3OS/c24-19(2-1-16-3-8-21-9-4-16)23(14-17-5-12-25-15-17)18-13-20(18)6-10-22-11-7-20/h3-5,8-9,12,15,18,22H,1-2,6-7,10-11,13-14H2. The molecule has 1 spiro atoms. The number of piperidine rings is 1. The molecule has 0 bridgehead atoms. The molecule has 1 saturated heterocycles. The van der Waals surface area contributed by atoms with Crippen molar-refractivity contribution in [3.05, 3.63) is 52.5 Å². The Hall–Kier alpha value is -1.72. The van der Waals surface area contributed by atoms with Crippen LogP contribution in [-0.4, -0.2) is 34.9 Å². The molecule has 1 aliphatic carbocycles. The van der Waals surface area contributed by atoms with E-state index < -0.39 is 0 Å². The molecule has 2 aromatic rings. The number of aromatic nitrogens is 1. The average molecular weight is 356 g/mol. The van der Waals surface area contributed by atoms with E-state index in [1.165, 1.54) is 30.4 Å². The van der Waals surface area contributed by atoms with Crippen LogP contribution >= 0.6 is 11.3 Å². The maximum Gasteiger partial charge on any atom is 0.223 e. The molecule has 2 aliphatic rings. The van der Waals surface area contributed by atoms with Crippen LogP contribution in [0.3, 0.4) is 0 Å². The third-order valence-electron chi connectivity index (χ3n) is 5.75. The van der Waals surface area contributed by atoms with Crippen molar-refractivity contribution >= 4 is 17.2 Å². The zero-order valence-corrected chi connectivity index (χ0v) is 15.3. The van der Waals surface area contributed by atoms with Crippen molar-refractivity contribution in [1.82, 2.24) is 15.2 Å². The van der Waals surface area contributed by atoms with Crippen molar-refractivity contribution in [1.29, 1.82) is 0 Å². The van der Waals surface area contributed by atoms with Crippen LogP contribution in [0.25, 0.3) is 0 Å². The lowest BCUT2D eigenvalue weighted by atomic mass is 9.93. The SMILES string of the molecule is O=C(CCc1ccncc1)N(Cc1ccsc1)C1CC12CCNCC2. The van der Waals surface area contributed by atoms with E-state index in [0.717, 1.165) is 26.1 Å². The summed E-state index contributed by atoms with van der Waals surface area (Å²) < 4.78 is 0. The topological polar surface area (TPSA) is 45.2 Å². The monoisotopic (exact) mass is 355 g/mol. The van der Waals surface area contributed by atoms with Crippen LogP contribution in [0.5, 0.6) is 0 Å². The maximum atomic E-state index is 13.0. The van der Waals surface area contributed by atoms with Crippen LogP contribution in [-0.2, 0) is 17.8 Å². The first-order chi connectivity index (χ1) is 12.3. The maximum absolute atomic E-state index is 13.0. The average Bonchev–Trinajstić information content (AvgIpc) is 3.08. The van der Waals surface area contributed by atoms with E-state index in [1.807, 2.05) is 12.1 Å². The first-order valence-corrected chi connectivity index (χ1v) is 10.1. The fourth-order valence-corrected chi connectivity index (χ4v) is 4.78. The minimum absolute atomic E-state index is 0.295. The van der Waals surface area contributed by atoms with Gasteiger partial charge in [-0.2, -0.15) is 11.3 Å². The van der Waals surface area contributed by atoms with Crippen LogP contribution in [0.4, 0.5) is 0 Å². The Morgan fingerprint density at radius 2 is 2.04 bits per heavy atom. The fourth-order valence-electron chi connectivity index (χ4n) is 4.12. The van der Waals surface area contributed by atoms with Gasteiger partial charge in [0.25, 0.3) is 0 Å². The van der Waals surface area contributed by atoms with Crippen LogP contribution in [0, 0.1) is 5.41 Å². The van der Waals surface area contributed by atoms with Crippen molar-refractivity contribution in [2.45, 2.75) is 44.7 Å². The number of carbonyl (C=O) groups excluding carboxylic acids is 1. The first kappa shape index (κ1) is 16.7. The largest absolute Gasteiger partial charge is 0.335 e. The predicted molar refractivity (Wildman–Crippen MR) is 100 cm³/mol. The van der Waals surface area contributed by atoms with Crippen molar-refractivity contribution in [2.24, 2.45) is 5.41 Å². The normalized spacial score (nSPS) is 21.2. The van der Waals surface area contributed by atoms with Gasteiger partial charge in [0.1, 0.15) is 0 Å². The van der Waals surface area contributed by atoms with Gasteiger partial charge in [0.15, 0.2) is 0 Å². The second-order valence-corrected chi connectivity index (χ2v) is 8.12. The van der Waals surface area contributed by atoms with Crippen LogP contribution < -0.4 is 5.32 Å². The van der Waals surface area contributed by atoms with Crippen LogP contribution in [0.2, 0.25) is 0 Å². The Labute approximate surface area is 153 Å². The lowest BCUT2D eigenvalue weighted by Crippen LogP contribution is -2.39. The minimum Gasteiger partial charge on any atom is -0.335 e. The van der Waals surface area contributed by atoms with E-state index in [0.29, 0.717) is 23.8 Å². The molecular weight excluding hydrogens is 330 g/mol. The summed E-state index contributed by atoms with van der Waals surface area (Å²) in [6.07, 6.45) is 8.56. The van der Waals surface area contributed by atoms with Crippen LogP contribution in [0.15, 0.2) is 41.4 Å². The molecule has 1 saturated carbocycles. The van der Waals surface area contributed by atoms with E-state index in [-0.39, 0.29) is 0 Å². The predicted octanol–water partition coefficient (Wildman–Crippen LogP) is 3.25. The van der Waals surface area contributed by atoms with Gasteiger partial charge in [0.05, 0.1) is 0 Å². The minimum atomic E-state index is 0.295. The summed E-state index contributed by atoms with van der Waals surface area (Å²) >= 11 is 1.71. The fraction of sp³-hybridized carbons (Fsp3) is 0.500. The molecule has 1 atom stereocenters. The lowest BCUT2D eigenvalue weighted by Gasteiger charge is -2.29. The first-order valence-electron chi connectivity index (χ1n) is 9.17. The molecular formula is C20H25N3OS. The van der Waals surface area contributed by atoms with Gasteiger partial charge in [-0.25, -0.2) is 0 Å². The van der Waals surface area contributed by atoms with Gasteiger partial charge in [-0.15, -0.1) is 0 Å². The molecule has 2 aromatic heterocycles. The number of aryl methyl sites for hydroxylation is 1. The molecule has 5 heteroatoms. The summed E-state index contributed by atoms with van der Waals surface area (Å²) in [6.45, 7) is 2.94. The molecule has 0 aromatic carbocycles. The summed E-state index contributed by atoms with van der Waals surface area (Å²) in [7, 11) is 0. The molecule has 1 unspecified atom stereocenters. The van der Waals surface area contributed by atoms with Crippen molar-refractivity contribution < 1.29 is 4.79 Å². The molecule has 4 rings (SSSR count). The number of carbonyl (C=O) groups is 1. The molecule has 0 radical (unpaired) electrons. The number of thiophene rings is 1. The number of amides is 1. The molecule has 2 fully saturated rings. The second-order valence-electron chi connectivity index (χ2n) is 7.34. The van der Waals surface area contributed by atoms with Gasteiger partial charge in [-0.05, 0) is 84.3 Å². The van der Waals surface area contributed by atoms with Gasteiger partial charge in [-0.3, -0.25) is 9.78 Å².